The lowest BCUT2D eigenvalue weighted by Crippen LogP contribution is -1.87. The maximum atomic E-state index is 9.39. The Labute approximate surface area is 96.4 Å². The monoisotopic (exact) mass is 285 g/mol. The summed E-state index contributed by atoms with van der Waals surface area (Å²) >= 11 is 4.29. The summed E-state index contributed by atoms with van der Waals surface area (Å²) < 4.78 is 0. The van der Waals surface area contributed by atoms with Gasteiger partial charge in [-0.1, -0.05) is 30.3 Å². The molecule has 0 fully saturated rings. The van der Waals surface area contributed by atoms with E-state index in [1.807, 2.05) is 30.3 Å². The van der Waals surface area contributed by atoms with Crippen LogP contribution in [0.15, 0.2) is 30.3 Å². The Morgan fingerprint density at radius 1 is 1.07 bits per heavy atom. The van der Waals surface area contributed by atoms with Crippen LogP contribution in [0.1, 0.15) is 5.56 Å². The van der Waals surface area contributed by atoms with Gasteiger partial charge in [-0.25, -0.2) is 0 Å². The lowest BCUT2D eigenvalue weighted by atomic mass is 10.2. The second-order valence-electron chi connectivity index (χ2n) is 2.79. The molecule has 0 aliphatic heterocycles. The molecule has 0 spiro atoms. The predicted octanol–water partition coefficient (Wildman–Crippen LogP) is 1.23. The minimum absolute atomic E-state index is 0.293. The summed E-state index contributed by atoms with van der Waals surface area (Å²) in [6, 6.07) is 9.10. The summed E-state index contributed by atoms with van der Waals surface area (Å²) in [7, 11) is 0.706. The van der Waals surface area contributed by atoms with Gasteiger partial charge in [0.15, 0.2) is 0 Å². The molecule has 0 saturated heterocycles. The minimum Gasteiger partial charge on any atom is -0.336 e. The van der Waals surface area contributed by atoms with Crippen LogP contribution in [0.25, 0.3) is 0 Å². The standard InChI is InChI=1S/C7H10O4P2S2/c8-12(9,14)13(10,11)15-6-7-4-2-1-3-5-7/h1-5H,6H2,(H3-,8,9,10,11,14)/p+1. The maximum Gasteiger partial charge on any atom is 0.450 e. The quantitative estimate of drug-likeness (QED) is 0.496. The van der Waals surface area contributed by atoms with E-state index in [0.717, 1.165) is 5.56 Å². The number of hydrogen-bond acceptors (Lipinski definition) is 1. The third-order valence-electron chi connectivity index (χ3n) is 1.59. The molecule has 0 heterocycles. The van der Waals surface area contributed by atoms with E-state index in [1.165, 1.54) is 0 Å². The first-order valence-corrected chi connectivity index (χ1v) is 10.6. The van der Waals surface area contributed by atoms with E-state index < -0.39 is 12.4 Å². The highest BCUT2D eigenvalue weighted by molar-refractivity contribution is 8.61. The van der Waals surface area contributed by atoms with Gasteiger partial charge in [0, 0.05) is 5.56 Å². The van der Waals surface area contributed by atoms with E-state index in [4.69, 9.17) is 9.79 Å². The van der Waals surface area contributed by atoms with Gasteiger partial charge >= 0.3 is 12.4 Å². The first-order valence-electron chi connectivity index (χ1n) is 3.92. The Balaban J connectivity index is 2.87. The molecule has 0 aliphatic carbocycles. The van der Waals surface area contributed by atoms with Crippen LogP contribution < -0.4 is 0 Å². The third-order valence-corrected chi connectivity index (χ3v) is 12.6. The number of benzene rings is 1. The first-order chi connectivity index (χ1) is 6.83. The van der Waals surface area contributed by atoms with Gasteiger partial charge in [0.05, 0.1) is 0 Å². The molecular weight excluding hydrogens is 274 g/mol. The molecule has 4 nitrogen and oxygen atoms in total. The summed E-state index contributed by atoms with van der Waals surface area (Å²) in [6.45, 7) is 0. The normalized spacial score (nSPS) is 12.5. The molecule has 0 aliphatic rings. The largest absolute Gasteiger partial charge is 0.450 e. The molecule has 0 aromatic heterocycles. The van der Waals surface area contributed by atoms with Gasteiger partial charge in [0.2, 0.25) is 16.7 Å². The van der Waals surface area contributed by atoms with Crippen molar-refractivity contribution < 1.29 is 19.6 Å². The third kappa shape index (κ3) is 4.02. The zero-order valence-electron chi connectivity index (χ0n) is 7.59. The number of rotatable bonds is 3. The van der Waals surface area contributed by atoms with Gasteiger partial charge in [-0.05, 0) is 11.8 Å². The molecule has 0 atom stereocenters. The Morgan fingerprint density at radius 3 is 2.07 bits per heavy atom. The van der Waals surface area contributed by atoms with Gasteiger partial charge in [-0.15, -0.1) is 0 Å². The molecule has 1 aromatic rings. The van der Waals surface area contributed by atoms with Crippen LogP contribution in [-0.2, 0) is 28.5 Å². The molecule has 0 bridgehead atoms. The highest BCUT2D eigenvalue weighted by Crippen LogP contribution is 2.73. The fourth-order valence-electron chi connectivity index (χ4n) is 0.811. The zero-order chi connectivity index (χ0) is 11.5. The van der Waals surface area contributed by atoms with Crippen LogP contribution in [0.2, 0.25) is 0 Å². The Kier molecular flexibility index (Phi) is 4.59. The SMILES string of the molecule is OP(O)(=S)P(O)(O)=[S+]Cc1ccccc1. The molecule has 0 unspecified atom stereocenters. The Hall–Kier alpha value is 0.360. The molecule has 4 N–H and O–H groups in total. The average Bonchev–Trinajstić information content (AvgIpc) is 2.15. The highest BCUT2D eigenvalue weighted by Gasteiger charge is 2.40. The van der Waals surface area contributed by atoms with Crippen molar-refractivity contribution in [3.05, 3.63) is 35.9 Å². The van der Waals surface area contributed by atoms with Crippen molar-refractivity contribution in [2.75, 3.05) is 0 Å². The fourth-order valence-corrected chi connectivity index (χ4v) is 6.04. The second kappa shape index (κ2) is 5.13. The van der Waals surface area contributed by atoms with Crippen molar-refractivity contribution >= 4 is 35.1 Å². The summed E-state index contributed by atoms with van der Waals surface area (Å²) in [5.41, 5.74) is 0.874. The first kappa shape index (κ1) is 13.4. The lowest BCUT2D eigenvalue weighted by molar-refractivity contribution is 0.453. The molecule has 1 aromatic carbocycles. The molecular formula is C7H11O4P2S2+. The van der Waals surface area contributed by atoms with Crippen molar-refractivity contribution in [2.24, 2.45) is 0 Å². The predicted molar refractivity (Wildman–Crippen MR) is 67.6 cm³/mol. The van der Waals surface area contributed by atoms with Gasteiger partial charge in [-0.2, -0.15) is 0 Å². The van der Waals surface area contributed by atoms with E-state index in [0.29, 0.717) is 16.7 Å². The van der Waals surface area contributed by atoms with Crippen LogP contribution in [-0.4, -0.2) is 19.6 Å². The van der Waals surface area contributed by atoms with Gasteiger partial charge < -0.3 is 19.6 Å². The van der Waals surface area contributed by atoms with Crippen molar-refractivity contribution in [2.45, 2.75) is 5.75 Å². The van der Waals surface area contributed by atoms with E-state index in [9.17, 15) is 9.79 Å². The van der Waals surface area contributed by atoms with Crippen LogP contribution >= 0.6 is 12.4 Å². The smallest absolute Gasteiger partial charge is 0.336 e. The van der Waals surface area contributed by atoms with Crippen LogP contribution in [0.4, 0.5) is 0 Å². The van der Waals surface area contributed by atoms with Gasteiger partial charge in [0.25, 0.3) is 0 Å². The Morgan fingerprint density at radius 2 is 1.60 bits per heavy atom. The van der Waals surface area contributed by atoms with Crippen molar-refractivity contribution in [1.82, 2.24) is 0 Å². The van der Waals surface area contributed by atoms with E-state index in [-0.39, 0.29) is 0 Å². The van der Waals surface area contributed by atoms with Crippen LogP contribution in [0.3, 0.4) is 0 Å². The van der Waals surface area contributed by atoms with Crippen molar-refractivity contribution in [1.29, 1.82) is 0 Å². The average molecular weight is 285 g/mol. The summed E-state index contributed by atoms with van der Waals surface area (Å²) in [6.07, 6.45) is -7.83. The molecule has 84 valence electrons. The van der Waals surface area contributed by atoms with E-state index >= 15 is 0 Å². The van der Waals surface area contributed by atoms with E-state index in [2.05, 4.69) is 11.8 Å². The fraction of sp³-hybridized carbons (Fsp3) is 0.143. The van der Waals surface area contributed by atoms with Crippen molar-refractivity contribution in [3.63, 3.8) is 0 Å². The topological polar surface area (TPSA) is 80.9 Å². The molecule has 15 heavy (non-hydrogen) atoms. The van der Waals surface area contributed by atoms with Gasteiger partial charge in [0.1, 0.15) is 0 Å². The molecule has 8 heteroatoms. The molecule has 0 amide bonds. The molecule has 0 saturated carbocycles. The van der Waals surface area contributed by atoms with Gasteiger partial charge in [-0.3, -0.25) is 0 Å². The van der Waals surface area contributed by atoms with E-state index in [1.54, 1.807) is 0 Å². The maximum absolute atomic E-state index is 9.39. The highest BCUT2D eigenvalue weighted by atomic mass is 32.8. The van der Waals surface area contributed by atoms with Crippen molar-refractivity contribution in [3.8, 4) is 0 Å². The Bertz CT molecular complexity index is 422. The van der Waals surface area contributed by atoms with Crippen LogP contribution in [0, 0.1) is 0 Å². The number of hydrogen-bond donors (Lipinski definition) is 4. The summed E-state index contributed by atoms with van der Waals surface area (Å²) in [5.74, 6) is 0.293. The minimum atomic E-state index is -3.99. The molecule has 0 radical (unpaired) electrons. The lowest BCUT2D eigenvalue weighted by Gasteiger charge is -2.05. The van der Waals surface area contributed by atoms with Crippen LogP contribution in [0.5, 0.6) is 0 Å². The zero-order valence-corrected chi connectivity index (χ0v) is 11.0. The second-order valence-corrected chi connectivity index (χ2v) is 14.2. The molecule has 1 rings (SSSR count). The summed E-state index contributed by atoms with van der Waals surface area (Å²) in [5, 5.41) is 0. The summed E-state index contributed by atoms with van der Waals surface area (Å²) in [4.78, 5) is 36.8.